The largest absolute Gasteiger partial charge is 0.355 e. The zero-order valence-corrected chi connectivity index (χ0v) is 22.3. The van der Waals surface area contributed by atoms with E-state index in [-0.39, 0.29) is 35.6 Å². The van der Waals surface area contributed by atoms with Gasteiger partial charge in [-0.3, -0.25) is 4.79 Å². The lowest BCUT2D eigenvalue weighted by Gasteiger charge is -2.30. The van der Waals surface area contributed by atoms with Crippen LogP contribution in [0.5, 0.6) is 0 Å². The van der Waals surface area contributed by atoms with Crippen molar-refractivity contribution in [2.45, 2.75) is 38.5 Å². The number of halogens is 1. The molecular weight excluding hydrogens is 530 g/mol. The van der Waals surface area contributed by atoms with Crippen LogP contribution in [0, 0.1) is 26.7 Å². The van der Waals surface area contributed by atoms with Crippen LogP contribution in [0.1, 0.15) is 41.0 Å². The van der Waals surface area contributed by atoms with Crippen molar-refractivity contribution in [1.82, 2.24) is 9.46 Å². The molecule has 0 saturated carbocycles. The van der Waals surface area contributed by atoms with Gasteiger partial charge in [-0.25, -0.2) is 8.42 Å². The van der Waals surface area contributed by atoms with Gasteiger partial charge in [-0.2, -0.15) is 4.31 Å². The number of hydrogen-bond donors (Lipinski definition) is 1. The minimum Gasteiger partial charge on any atom is -0.355 e. The first kappa shape index (κ1) is 25.3. The maximum atomic E-state index is 13.5. The summed E-state index contributed by atoms with van der Waals surface area (Å²) in [6.45, 7) is 6.10. The topological polar surface area (TPSA) is 92.5 Å². The molecule has 9 heteroatoms. The maximum absolute atomic E-state index is 13.5. The van der Waals surface area contributed by atoms with Gasteiger partial charge in [0.25, 0.3) is 0 Å². The molecule has 0 aliphatic carbocycles. The summed E-state index contributed by atoms with van der Waals surface area (Å²) in [5.74, 6) is -0.143. The average molecular weight is 558 g/mol. The minimum absolute atomic E-state index is 0.0779. The number of aromatic nitrogens is 1. The van der Waals surface area contributed by atoms with Crippen LogP contribution in [0.3, 0.4) is 0 Å². The second-order valence-electron chi connectivity index (χ2n) is 8.84. The normalized spacial score (nSPS) is 15.5. The van der Waals surface area contributed by atoms with Gasteiger partial charge in [-0.15, -0.1) is 0 Å². The molecule has 1 saturated heterocycles. The summed E-state index contributed by atoms with van der Waals surface area (Å²) in [4.78, 5) is 12.9. The Balaban J connectivity index is 1.44. The van der Waals surface area contributed by atoms with Crippen LogP contribution in [-0.4, -0.2) is 36.9 Å². The number of hydrogen-bond acceptors (Lipinski definition) is 5. The highest BCUT2D eigenvalue weighted by Crippen LogP contribution is 2.30. The molecule has 2 heterocycles. The van der Waals surface area contributed by atoms with Gasteiger partial charge in [0.15, 0.2) is 10.7 Å². The first-order valence-corrected chi connectivity index (χ1v) is 13.7. The van der Waals surface area contributed by atoms with Crippen molar-refractivity contribution in [1.29, 1.82) is 0 Å². The molecule has 3 aromatic rings. The molecule has 1 aromatic heterocycles. The lowest BCUT2D eigenvalue weighted by Crippen LogP contribution is -2.41. The Morgan fingerprint density at radius 1 is 1.09 bits per heavy atom. The maximum Gasteiger partial charge on any atom is 0.248 e. The first-order valence-electron chi connectivity index (χ1n) is 11.4. The molecule has 1 aliphatic rings. The van der Waals surface area contributed by atoms with Gasteiger partial charge in [0.1, 0.15) is 5.69 Å². The number of sulfonamides is 1. The fourth-order valence-corrected chi connectivity index (χ4v) is 6.07. The van der Waals surface area contributed by atoms with E-state index in [0.717, 1.165) is 26.9 Å². The summed E-state index contributed by atoms with van der Waals surface area (Å²) in [5.41, 5.74) is 4.15. The van der Waals surface area contributed by atoms with E-state index in [1.807, 2.05) is 56.3 Å². The van der Waals surface area contributed by atoms with E-state index in [0.29, 0.717) is 18.5 Å². The van der Waals surface area contributed by atoms with E-state index in [4.69, 9.17) is 4.52 Å². The van der Waals surface area contributed by atoms with Gasteiger partial charge in [0.2, 0.25) is 15.9 Å². The van der Waals surface area contributed by atoms with E-state index in [2.05, 4.69) is 26.4 Å². The van der Waals surface area contributed by atoms with Gasteiger partial charge in [-0.05, 0) is 69.0 Å². The van der Waals surface area contributed by atoms with Gasteiger partial charge in [0, 0.05) is 29.2 Å². The quantitative estimate of drug-likeness (QED) is 0.427. The van der Waals surface area contributed by atoms with Gasteiger partial charge in [0.05, 0.1) is 0 Å². The van der Waals surface area contributed by atoms with Crippen LogP contribution in [0.4, 0.5) is 5.69 Å². The molecule has 4 rings (SSSR count). The first-order chi connectivity index (χ1) is 16.6. The Morgan fingerprint density at radius 3 is 2.43 bits per heavy atom. The number of rotatable bonds is 6. The molecule has 0 bridgehead atoms. The summed E-state index contributed by atoms with van der Waals surface area (Å²) in [6, 6.07) is 13.5. The highest BCUT2D eigenvalue weighted by Gasteiger charge is 2.36. The number of piperidine rings is 1. The van der Waals surface area contributed by atoms with Crippen LogP contribution in [-0.2, 0) is 14.8 Å². The molecular formula is C26H28BrN3O4S. The van der Waals surface area contributed by atoms with Crippen molar-refractivity contribution in [2.75, 3.05) is 18.4 Å². The van der Waals surface area contributed by atoms with Crippen molar-refractivity contribution < 1.29 is 17.7 Å². The number of aryl methyl sites for hydroxylation is 3. The summed E-state index contributed by atoms with van der Waals surface area (Å²) >= 11 is 3.46. The second kappa shape index (κ2) is 10.5. The Morgan fingerprint density at radius 2 is 1.77 bits per heavy atom. The molecule has 0 atom stereocenters. The number of nitrogens with zero attached hydrogens (tertiary/aromatic N) is 2. The average Bonchev–Trinajstić information content (AvgIpc) is 3.22. The number of benzene rings is 2. The van der Waals surface area contributed by atoms with E-state index in [9.17, 15) is 13.2 Å². The van der Waals surface area contributed by atoms with Gasteiger partial charge < -0.3 is 9.84 Å². The van der Waals surface area contributed by atoms with Crippen molar-refractivity contribution in [3.05, 3.63) is 75.1 Å². The summed E-state index contributed by atoms with van der Waals surface area (Å²) in [7, 11) is -3.82. The fraction of sp³-hybridized carbons (Fsp3) is 0.308. The third kappa shape index (κ3) is 5.74. The standard InChI is InChI=1S/C26H28BrN3O4S/c1-17-4-6-20(7-5-17)8-11-24-25(19(3)29-34-24)35(32,33)30-14-12-21(13-15-30)26(31)28-22-9-10-23(27)18(2)16-22/h4-11,16,21H,12-15H2,1-3H3,(H,28,31)/b11-8+. The highest BCUT2D eigenvalue weighted by molar-refractivity contribution is 9.10. The molecule has 0 spiro atoms. The zero-order valence-electron chi connectivity index (χ0n) is 19.9. The lowest BCUT2D eigenvalue weighted by atomic mass is 9.97. The zero-order chi connectivity index (χ0) is 25.2. The summed E-state index contributed by atoms with van der Waals surface area (Å²) in [6.07, 6.45) is 4.33. The SMILES string of the molecule is Cc1ccc(/C=C/c2onc(C)c2S(=O)(=O)N2CCC(C(=O)Nc3ccc(Br)c(C)c3)CC2)cc1. The molecule has 0 unspecified atom stereocenters. The molecule has 2 aromatic carbocycles. The molecule has 1 amide bonds. The third-order valence-corrected chi connectivity index (χ3v) is 9.13. The Hall–Kier alpha value is -2.75. The number of nitrogens with one attached hydrogen (secondary N) is 1. The summed E-state index contributed by atoms with van der Waals surface area (Å²) in [5, 5.41) is 6.86. The molecule has 1 N–H and O–H groups in total. The van der Waals surface area contributed by atoms with E-state index < -0.39 is 10.0 Å². The number of carbonyl (C=O) groups excluding carboxylic acids is 1. The number of carbonyl (C=O) groups is 1. The Bertz CT molecular complexity index is 1360. The van der Waals surface area contributed by atoms with E-state index in [1.165, 1.54) is 4.31 Å². The third-order valence-electron chi connectivity index (χ3n) is 6.19. The number of anilines is 1. The Labute approximate surface area is 214 Å². The molecule has 7 nitrogen and oxygen atoms in total. The second-order valence-corrected chi connectivity index (χ2v) is 11.6. The van der Waals surface area contributed by atoms with Crippen LogP contribution in [0.2, 0.25) is 0 Å². The summed E-state index contributed by atoms with van der Waals surface area (Å²) < 4.78 is 34.7. The van der Waals surface area contributed by atoms with Crippen LogP contribution < -0.4 is 5.32 Å². The van der Waals surface area contributed by atoms with Gasteiger partial charge >= 0.3 is 0 Å². The van der Waals surface area contributed by atoms with Crippen molar-refractivity contribution in [3.63, 3.8) is 0 Å². The smallest absolute Gasteiger partial charge is 0.248 e. The van der Waals surface area contributed by atoms with Crippen LogP contribution >= 0.6 is 15.9 Å². The van der Waals surface area contributed by atoms with Crippen LogP contribution in [0.25, 0.3) is 12.2 Å². The molecule has 1 fully saturated rings. The van der Waals surface area contributed by atoms with Crippen molar-refractivity contribution in [2.24, 2.45) is 5.92 Å². The number of amides is 1. The monoisotopic (exact) mass is 557 g/mol. The lowest BCUT2D eigenvalue weighted by molar-refractivity contribution is -0.120. The van der Waals surface area contributed by atoms with E-state index in [1.54, 1.807) is 19.1 Å². The predicted octanol–water partition coefficient (Wildman–Crippen LogP) is 5.57. The van der Waals surface area contributed by atoms with Crippen molar-refractivity contribution >= 4 is 49.7 Å². The molecule has 0 radical (unpaired) electrons. The molecule has 184 valence electrons. The fourth-order valence-electron chi connectivity index (χ4n) is 4.10. The molecule has 35 heavy (non-hydrogen) atoms. The minimum atomic E-state index is -3.82. The van der Waals surface area contributed by atoms with E-state index >= 15 is 0 Å². The van der Waals surface area contributed by atoms with Crippen molar-refractivity contribution in [3.8, 4) is 0 Å². The predicted molar refractivity (Wildman–Crippen MR) is 140 cm³/mol. The molecule has 1 aliphatic heterocycles. The Kier molecular flexibility index (Phi) is 7.59. The highest BCUT2D eigenvalue weighted by atomic mass is 79.9. The van der Waals surface area contributed by atoms with Crippen LogP contribution in [0.15, 0.2) is 56.4 Å². The van der Waals surface area contributed by atoms with Gasteiger partial charge in [-0.1, -0.05) is 57.0 Å².